The minimum atomic E-state index is -4.45. The van der Waals surface area contributed by atoms with Gasteiger partial charge in [0.15, 0.2) is 0 Å². The van der Waals surface area contributed by atoms with Gasteiger partial charge in [-0.1, -0.05) is 16.3 Å². The second-order valence-electron chi connectivity index (χ2n) is 6.82. The monoisotopic (exact) mass is 475 g/mol. The predicted molar refractivity (Wildman–Crippen MR) is 112 cm³/mol. The van der Waals surface area contributed by atoms with Crippen LogP contribution in [0.2, 0.25) is 5.02 Å². The smallest absolute Gasteiger partial charge is 0.362 e. The number of hydrogen-bond donors (Lipinski definition) is 2. The van der Waals surface area contributed by atoms with Gasteiger partial charge in [-0.05, 0) is 36.4 Å². The highest BCUT2D eigenvalue weighted by molar-refractivity contribution is 7.91. The Balaban J connectivity index is 1.82. The number of H-pyrrole nitrogens is 1. The average molecular weight is 476 g/mol. The number of aromatic amines is 1. The number of hydrogen-bond acceptors (Lipinski definition) is 6. The van der Waals surface area contributed by atoms with Crippen molar-refractivity contribution in [1.29, 1.82) is 0 Å². The Hall–Kier alpha value is -3.83. The Morgan fingerprint density at radius 1 is 1.12 bits per heavy atom. The molecule has 0 saturated heterocycles. The minimum Gasteiger partial charge on any atom is -0.448 e. The van der Waals surface area contributed by atoms with Crippen molar-refractivity contribution >= 4 is 43.2 Å². The van der Waals surface area contributed by atoms with Crippen LogP contribution in [0.25, 0.3) is 27.7 Å². The van der Waals surface area contributed by atoms with E-state index in [4.69, 9.17) is 16.0 Å². The fourth-order valence-electron chi connectivity index (χ4n) is 3.53. The number of fused-ring (bicyclic) bond motifs is 2. The molecule has 0 radical (unpaired) electrons. The average Bonchev–Trinajstić information content (AvgIpc) is 3.41. The number of benzene rings is 2. The van der Waals surface area contributed by atoms with E-state index in [1.54, 1.807) is 12.1 Å². The normalized spacial score (nSPS) is 12.1. The summed E-state index contributed by atoms with van der Waals surface area (Å²) in [6.07, 6.45) is 2.95. The highest BCUT2D eigenvalue weighted by Gasteiger charge is 2.26. The lowest BCUT2D eigenvalue weighted by Crippen LogP contribution is -2.33. The van der Waals surface area contributed by atoms with Gasteiger partial charge >= 0.3 is 5.69 Å². The van der Waals surface area contributed by atoms with Crippen LogP contribution in [0.5, 0.6) is 0 Å². The van der Waals surface area contributed by atoms with Crippen molar-refractivity contribution in [3.05, 3.63) is 86.6 Å². The van der Waals surface area contributed by atoms with Crippen LogP contribution >= 0.6 is 11.6 Å². The maximum Gasteiger partial charge on any atom is 0.362 e. The molecule has 0 fully saturated rings. The molecular formula is C20H11ClFN3O6S. The molecule has 0 amide bonds. The van der Waals surface area contributed by atoms with Crippen molar-refractivity contribution in [2.75, 3.05) is 0 Å². The molecule has 0 bridgehead atoms. The molecule has 0 aliphatic carbocycles. The second-order valence-corrected chi connectivity index (χ2v) is 9.15. The van der Waals surface area contributed by atoms with E-state index in [1.807, 2.05) is 0 Å². The van der Waals surface area contributed by atoms with E-state index < -0.39 is 47.6 Å². The van der Waals surface area contributed by atoms with Gasteiger partial charge in [-0.15, -0.1) is 0 Å². The van der Waals surface area contributed by atoms with Gasteiger partial charge in [-0.2, -0.15) is 0 Å². The highest BCUT2D eigenvalue weighted by Crippen LogP contribution is 2.32. The molecule has 0 unspecified atom stereocenters. The number of furan rings is 1. The molecular weight excluding hydrogens is 465 g/mol. The van der Waals surface area contributed by atoms with E-state index in [1.165, 1.54) is 29.2 Å². The Morgan fingerprint density at radius 2 is 1.91 bits per heavy atom. The third-order valence-electron chi connectivity index (χ3n) is 5.02. The number of nitrogens with one attached hydrogen (secondary N) is 1. The number of halogens is 2. The lowest BCUT2D eigenvalue weighted by Gasteiger charge is -2.11. The van der Waals surface area contributed by atoms with E-state index in [0.29, 0.717) is 5.88 Å². The van der Waals surface area contributed by atoms with Crippen molar-refractivity contribution in [2.45, 2.75) is 9.79 Å². The van der Waals surface area contributed by atoms with Gasteiger partial charge in [0.2, 0.25) is 15.7 Å². The first-order chi connectivity index (χ1) is 15.2. The minimum absolute atomic E-state index is 0.165. The highest BCUT2D eigenvalue weighted by atomic mass is 35.5. The molecule has 0 spiro atoms. The van der Waals surface area contributed by atoms with E-state index in [-0.39, 0.29) is 20.7 Å². The van der Waals surface area contributed by atoms with E-state index in [9.17, 15) is 27.6 Å². The SMILES string of the molecule is O=c1[nH]c2c(S(=O)(=O)c3cc(F)c4ccn(-c5ccco5)c4c3)ccc(Cl)c2c(=O)n1O. The van der Waals surface area contributed by atoms with Gasteiger partial charge in [0.05, 0.1) is 37.5 Å². The van der Waals surface area contributed by atoms with Crippen LogP contribution in [0.1, 0.15) is 0 Å². The van der Waals surface area contributed by atoms with Crippen LogP contribution in [-0.2, 0) is 9.84 Å². The molecule has 0 aliphatic rings. The summed E-state index contributed by atoms with van der Waals surface area (Å²) in [5, 5.41) is 9.16. The lowest BCUT2D eigenvalue weighted by atomic mass is 10.2. The molecule has 5 aromatic rings. The Bertz CT molecular complexity index is 1770. The zero-order chi connectivity index (χ0) is 22.8. The molecule has 12 heteroatoms. The summed E-state index contributed by atoms with van der Waals surface area (Å²) < 4.78 is 48.3. The van der Waals surface area contributed by atoms with Crippen LogP contribution < -0.4 is 11.2 Å². The molecule has 0 atom stereocenters. The van der Waals surface area contributed by atoms with Crippen molar-refractivity contribution in [3.8, 4) is 5.88 Å². The second kappa shape index (κ2) is 6.84. The first-order valence-electron chi connectivity index (χ1n) is 8.96. The molecule has 2 aromatic carbocycles. The Morgan fingerprint density at radius 3 is 2.62 bits per heavy atom. The number of nitrogens with zero attached hydrogens (tertiary/aromatic N) is 2. The topological polar surface area (TPSA) is 127 Å². The van der Waals surface area contributed by atoms with Gasteiger partial charge in [0, 0.05) is 17.6 Å². The molecule has 32 heavy (non-hydrogen) atoms. The predicted octanol–water partition coefficient (Wildman–Crippen LogP) is 3.09. The van der Waals surface area contributed by atoms with Gasteiger partial charge in [-0.25, -0.2) is 17.6 Å². The van der Waals surface area contributed by atoms with Crippen LogP contribution in [0.15, 0.2) is 78.7 Å². The standard InChI is InChI=1S/C20H11ClFN3O6S/c21-12-3-4-15(18-17(12)19(26)25(28)20(27)23-18)32(29,30)10-8-13(22)11-5-6-24(14(11)9-10)16-2-1-7-31-16/h1-9,28H,(H,23,27). The zero-order valence-electron chi connectivity index (χ0n) is 15.7. The van der Waals surface area contributed by atoms with Gasteiger partial charge in [-0.3, -0.25) is 9.36 Å². The molecule has 3 aromatic heterocycles. The molecule has 3 heterocycles. The molecule has 5 rings (SSSR count). The van der Waals surface area contributed by atoms with Crippen LogP contribution in [0.4, 0.5) is 4.39 Å². The zero-order valence-corrected chi connectivity index (χ0v) is 17.3. The van der Waals surface area contributed by atoms with Crippen molar-refractivity contribution in [3.63, 3.8) is 0 Å². The van der Waals surface area contributed by atoms with Gasteiger partial charge in [0.25, 0.3) is 5.56 Å². The third kappa shape index (κ3) is 2.78. The number of aromatic nitrogens is 3. The number of rotatable bonds is 3. The van der Waals surface area contributed by atoms with E-state index in [0.717, 1.165) is 18.2 Å². The first-order valence-corrected chi connectivity index (χ1v) is 10.8. The van der Waals surface area contributed by atoms with Gasteiger partial charge in [0.1, 0.15) is 5.82 Å². The number of sulfone groups is 1. The lowest BCUT2D eigenvalue weighted by molar-refractivity contribution is 0.162. The fourth-order valence-corrected chi connectivity index (χ4v) is 5.21. The van der Waals surface area contributed by atoms with Crippen molar-refractivity contribution in [2.24, 2.45) is 0 Å². The van der Waals surface area contributed by atoms with E-state index in [2.05, 4.69) is 4.98 Å². The first kappa shape index (κ1) is 20.1. The molecule has 162 valence electrons. The third-order valence-corrected chi connectivity index (χ3v) is 7.11. The summed E-state index contributed by atoms with van der Waals surface area (Å²) >= 11 is 6.01. The van der Waals surface area contributed by atoms with Crippen LogP contribution in [-0.4, -0.2) is 27.9 Å². The molecule has 0 saturated carbocycles. The Labute approximate surface area is 182 Å². The molecule has 2 N–H and O–H groups in total. The van der Waals surface area contributed by atoms with Crippen molar-refractivity contribution in [1.82, 2.24) is 14.3 Å². The molecule has 9 nitrogen and oxygen atoms in total. The summed E-state index contributed by atoms with van der Waals surface area (Å²) in [6, 6.07) is 9.04. The quantitative estimate of drug-likeness (QED) is 0.386. The molecule has 0 aliphatic heterocycles. The Kier molecular flexibility index (Phi) is 4.29. The maximum absolute atomic E-state index is 14.8. The fraction of sp³-hybridized carbons (Fsp3) is 0. The summed E-state index contributed by atoms with van der Waals surface area (Å²) in [5.74, 6) is -0.449. The van der Waals surface area contributed by atoms with Gasteiger partial charge < -0.3 is 14.6 Å². The largest absolute Gasteiger partial charge is 0.448 e. The van der Waals surface area contributed by atoms with E-state index >= 15 is 0 Å². The summed E-state index contributed by atoms with van der Waals surface area (Å²) in [7, 11) is -4.45. The summed E-state index contributed by atoms with van der Waals surface area (Å²) in [5.41, 5.74) is -2.63. The summed E-state index contributed by atoms with van der Waals surface area (Å²) in [4.78, 5) is 25.4. The summed E-state index contributed by atoms with van der Waals surface area (Å²) in [6.45, 7) is 0. The van der Waals surface area contributed by atoms with Crippen LogP contribution in [0.3, 0.4) is 0 Å². The van der Waals surface area contributed by atoms with Crippen molar-refractivity contribution < 1.29 is 22.4 Å². The van der Waals surface area contributed by atoms with Crippen LogP contribution in [0, 0.1) is 5.82 Å². The maximum atomic E-state index is 14.8.